The molecule has 4 heteroatoms. The molecule has 1 aliphatic heterocycles. The summed E-state index contributed by atoms with van der Waals surface area (Å²) in [5.41, 5.74) is 1.50. The van der Waals surface area contributed by atoms with Gasteiger partial charge in [-0.25, -0.2) is 0 Å². The molecule has 1 aromatic rings. The van der Waals surface area contributed by atoms with E-state index < -0.39 is 0 Å². The molecule has 0 aliphatic carbocycles. The second-order valence-electron chi connectivity index (χ2n) is 6.19. The first kappa shape index (κ1) is 16.9. The number of nitrogens with zero attached hydrogens (tertiary/aromatic N) is 1. The molecule has 0 bridgehead atoms. The van der Waals surface area contributed by atoms with Gasteiger partial charge in [-0.3, -0.25) is 4.90 Å². The largest absolute Gasteiger partial charge is 0.379 e. The van der Waals surface area contributed by atoms with E-state index in [-0.39, 0.29) is 5.54 Å². The highest BCUT2D eigenvalue weighted by molar-refractivity contribution is 9.10. The van der Waals surface area contributed by atoms with Crippen molar-refractivity contribution in [1.29, 1.82) is 0 Å². The highest BCUT2D eigenvalue weighted by Gasteiger charge is 2.35. The average molecular weight is 355 g/mol. The van der Waals surface area contributed by atoms with Gasteiger partial charge in [0.1, 0.15) is 0 Å². The molecule has 1 N–H and O–H groups in total. The van der Waals surface area contributed by atoms with Crippen LogP contribution in [0.4, 0.5) is 0 Å². The van der Waals surface area contributed by atoms with Gasteiger partial charge in [-0.05, 0) is 44.5 Å². The monoisotopic (exact) mass is 354 g/mol. The summed E-state index contributed by atoms with van der Waals surface area (Å²) in [5, 5.41) is 3.69. The fourth-order valence-corrected chi connectivity index (χ4v) is 3.30. The number of ether oxygens (including phenoxy) is 1. The Balaban J connectivity index is 2.10. The second-order valence-corrected chi connectivity index (χ2v) is 7.11. The van der Waals surface area contributed by atoms with Gasteiger partial charge in [0.05, 0.1) is 13.2 Å². The molecular formula is C17H27BrN2O. The van der Waals surface area contributed by atoms with Crippen LogP contribution in [0, 0.1) is 0 Å². The maximum absolute atomic E-state index is 5.50. The first-order valence-corrected chi connectivity index (χ1v) is 8.64. The molecule has 21 heavy (non-hydrogen) atoms. The fraction of sp³-hybridized carbons (Fsp3) is 0.647. The number of hydrogen-bond donors (Lipinski definition) is 1. The van der Waals surface area contributed by atoms with Crippen LogP contribution in [0.1, 0.15) is 26.3 Å². The van der Waals surface area contributed by atoms with Crippen molar-refractivity contribution >= 4 is 15.9 Å². The van der Waals surface area contributed by atoms with Crippen LogP contribution in [-0.4, -0.2) is 49.3 Å². The summed E-state index contributed by atoms with van der Waals surface area (Å²) in [6.07, 6.45) is 1.05. The van der Waals surface area contributed by atoms with Gasteiger partial charge in [-0.1, -0.05) is 35.0 Å². The lowest BCUT2D eigenvalue weighted by atomic mass is 9.87. The summed E-state index contributed by atoms with van der Waals surface area (Å²) in [4.78, 5) is 2.56. The molecule has 1 aliphatic rings. The predicted octanol–water partition coefficient (Wildman–Crippen LogP) is 3.08. The Bertz CT molecular complexity index is 427. The molecular weight excluding hydrogens is 328 g/mol. The van der Waals surface area contributed by atoms with E-state index in [1.54, 1.807) is 0 Å². The Kier molecular flexibility index (Phi) is 6.23. The number of morpholine rings is 1. The normalized spacial score (nSPS) is 18.7. The third kappa shape index (κ3) is 4.52. The SMILES string of the molecule is CCNC(Cc1ccc(Br)cc1)C(C)(C)N1CCOCC1. The Morgan fingerprint density at radius 3 is 2.43 bits per heavy atom. The third-order valence-corrected chi connectivity index (χ3v) is 5.01. The minimum atomic E-state index is 0.118. The van der Waals surface area contributed by atoms with Crippen LogP contribution in [-0.2, 0) is 11.2 Å². The quantitative estimate of drug-likeness (QED) is 0.849. The van der Waals surface area contributed by atoms with E-state index in [1.807, 2.05) is 0 Å². The Hall–Kier alpha value is -0.420. The van der Waals surface area contributed by atoms with Crippen LogP contribution < -0.4 is 5.32 Å². The number of rotatable bonds is 6. The van der Waals surface area contributed by atoms with Crippen LogP contribution in [0.3, 0.4) is 0 Å². The van der Waals surface area contributed by atoms with Gasteiger partial charge in [0.2, 0.25) is 0 Å². The molecule has 1 atom stereocenters. The van der Waals surface area contributed by atoms with E-state index in [2.05, 4.69) is 71.2 Å². The molecule has 0 aromatic heterocycles. The number of benzene rings is 1. The van der Waals surface area contributed by atoms with Gasteiger partial charge in [0, 0.05) is 29.1 Å². The molecule has 1 heterocycles. The van der Waals surface area contributed by atoms with Crippen LogP contribution in [0.15, 0.2) is 28.7 Å². The van der Waals surface area contributed by atoms with Crippen molar-refractivity contribution in [3.8, 4) is 0 Å². The summed E-state index contributed by atoms with van der Waals surface area (Å²) in [5.74, 6) is 0. The van der Waals surface area contributed by atoms with Crippen molar-refractivity contribution in [1.82, 2.24) is 10.2 Å². The Labute approximate surface area is 137 Å². The summed E-state index contributed by atoms with van der Waals surface area (Å²) in [6.45, 7) is 11.6. The van der Waals surface area contributed by atoms with Gasteiger partial charge in [0.25, 0.3) is 0 Å². The maximum atomic E-state index is 5.50. The minimum absolute atomic E-state index is 0.118. The lowest BCUT2D eigenvalue weighted by Crippen LogP contribution is -2.61. The lowest BCUT2D eigenvalue weighted by Gasteiger charge is -2.46. The first-order chi connectivity index (χ1) is 10.0. The molecule has 1 aromatic carbocycles. The van der Waals surface area contributed by atoms with Gasteiger partial charge < -0.3 is 10.1 Å². The summed E-state index contributed by atoms with van der Waals surface area (Å²) < 4.78 is 6.64. The number of nitrogens with one attached hydrogen (secondary N) is 1. The van der Waals surface area contributed by atoms with Crippen LogP contribution in [0.25, 0.3) is 0 Å². The molecule has 1 unspecified atom stereocenters. The number of halogens is 1. The summed E-state index contributed by atoms with van der Waals surface area (Å²) in [6, 6.07) is 9.11. The van der Waals surface area contributed by atoms with E-state index in [0.29, 0.717) is 6.04 Å². The van der Waals surface area contributed by atoms with Crippen molar-refractivity contribution < 1.29 is 4.74 Å². The average Bonchev–Trinajstić information content (AvgIpc) is 2.50. The Morgan fingerprint density at radius 2 is 1.86 bits per heavy atom. The van der Waals surface area contributed by atoms with E-state index >= 15 is 0 Å². The minimum Gasteiger partial charge on any atom is -0.379 e. The smallest absolute Gasteiger partial charge is 0.0594 e. The van der Waals surface area contributed by atoms with E-state index in [0.717, 1.165) is 43.7 Å². The third-order valence-electron chi connectivity index (χ3n) is 4.48. The molecule has 3 nitrogen and oxygen atoms in total. The predicted molar refractivity (Wildman–Crippen MR) is 91.8 cm³/mol. The molecule has 0 spiro atoms. The van der Waals surface area contributed by atoms with Gasteiger partial charge in [0.15, 0.2) is 0 Å². The van der Waals surface area contributed by atoms with Crippen molar-refractivity contribution in [2.24, 2.45) is 0 Å². The second kappa shape index (κ2) is 7.73. The van der Waals surface area contributed by atoms with Crippen molar-refractivity contribution in [3.05, 3.63) is 34.3 Å². The van der Waals surface area contributed by atoms with E-state index in [9.17, 15) is 0 Å². The maximum Gasteiger partial charge on any atom is 0.0594 e. The Morgan fingerprint density at radius 1 is 1.24 bits per heavy atom. The molecule has 1 fully saturated rings. The standard InChI is InChI=1S/C17H27BrN2O/c1-4-19-16(13-14-5-7-15(18)8-6-14)17(2,3)20-9-11-21-12-10-20/h5-8,16,19H,4,9-13H2,1-3H3. The fourth-order valence-electron chi connectivity index (χ4n) is 3.03. The topological polar surface area (TPSA) is 24.5 Å². The van der Waals surface area contributed by atoms with Gasteiger partial charge in [-0.2, -0.15) is 0 Å². The van der Waals surface area contributed by atoms with Crippen LogP contribution in [0.2, 0.25) is 0 Å². The van der Waals surface area contributed by atoms with Crippen LogP contribution >= 0.6 is 15.9 Å². The molecule has 1 saturated heterocycles. The van der Waals surface area contributed by atoms with Crippen molar-refractivity contribution in [2.75, 3.05) is 32.8 Å². The zero-order valence-electron chi connectivity index (χ0n) is 13.4. The van der Waals surface area contributed by atoms with Gasteiger partial charge >= 0.3 is 0 Å². The van der Waals surface area contributed by atoms with Crippen molar-refractivity contribution in [2.45, 2.75) is 38.8 Å². The number of hydrogen-bond acceptors (Lipinski definition) is 3. The van der Waals surface area contributed by atoms with E-state index in [4.69, 9.17) is 4.74 Å². The zero-order chi connectivity index (χ0) is 15.3. The summed E-state index contributed by atoms with van der Waals surface area (Å²) in [7, 11) is 0. The highest BCUT2D eigenvalue weighted by atomic mass is 79.9. The molecule has 0 radical (unpaired) electrons. The molecule has 2 rings (SSSR count). The van der Waals surface area contributed by atoms with Gasteiger partial charge in [-0.15, -0.1) is 0 Å². The number of likely N-dealkylation sites (N-methyl/N-ethyl adjacent to an activating group) is 1. The molecule has 0 saturated carbocycles. The van der Waals surface area contributed by atoms with Crippen LogP contribution in [0.5, 0.6) is 0 Å². The van der Waals surface area contributed by atoms with Crippen molar-refractivity contribution in [3.63, 3.8) is 0 Å². The lowest BCUT2D eigenvalue weighted by molar-refractivity contribution is -0.0230. The molecule has 118 valence electrons. The molecule has 0 amide bonds. The zero-order valence-corrected chi connectivity index (χ0v) is 14.9. The summed E-state index contributed by atoms with van der Waals surface area (Å²) >= 11 is 3.51. The first-order valence-electron chi connectivity index (χ1n) is 7.84. The highest BCUT2D eigenvalue weighted by Crippen LogP contribution is 2.24. The van der Waals surface area contributed by atoms with E-state index in [1.165, 1.54) is 5.56 Å².